The highest BCUT2D eigenvalue weighted by atomic mass is 32.1. The van der Waals surface area contributed by atoms with Crippen molar-refractivity contribution in [2.24, 2.45) is 0 Å². The van der Waals surface area contributed by atoms with E-state index in [9.17, 15) is 9.59 Å². The number of hydrogen-bond donors (Lipinski definition) is 0. The van der Waals surface area contributed by atoms with Crippen LogP contribution in [0.3, 0.4) is 0 Å². The first-order valence-electron chi connectivity index (χ1n) is 13.3. The lowest BCUT2D eigenvalue weighted by molar-refractivity contribution is -0.139. The van der Waals surface area contributed by atoms with Gasteiger partial charge in [-0.05, 0) is 58.0 Å². The van der Waals surface area contributed by atoms with Crippen LogP contribution in [-0.4, -0.2) is 41.2 Å². The molecule has 0 radical (unpaired) electrons. The van der Waals surface area contributed by atoms with Crippen LogP contribution in [0.2, 0.25) is 0 Å². The number of benzene rings is 2. The number of rotatable bonds is 8. The van der Waals surface area contributed by atoms with E-state index < -0.39 is 0 Å². The Bertz CT molecular complexity index is 1220. The number of nitrogens with zero attached hydrogens (tertiary/aromatic N) is 2. The highest BCUT2D eigenvalue weighted by Gasteiger charge is 2.34. The third-order valence-electron chi connectivity index (χ3n) is 7.02. The van der Waals surface area contributed by atoms with Crippen molar-refractivity contribution in [1.82, 2.24) is 9.80 Å². The molecule has 4 rings (SSSR count). The molecule has 0 saturated carbocycles. The van der Waals surface area contributed by atoms with E-state index in [0.29, 0.717) is 13.1 Å². The summed E-state index contributed by atoms with van der Waals surface area (Å²) in [4.78, 5) is 32.0. The van der Waals surface area contributed by atoms with Crippen LogP contribution >= 0.6 is 11.3 Å². The Morgan fingerprint density at radius 1 is 1.05 bits per heavy atom. The van der Waals surface area contributed by atoms with E-state index >= 15 is 0 Å². The molecule has 0 saturated heterocycles. The van der Waals surface area contributed by atoms with Gasteiger partial charge < -0.3 is 9.80 Å². The molecule has 1 aliphatic rings. The molecule has 37 heavy (non-hydrogen) atoms. The van der Waals surface area contributed by atoms with Crippen molar-refractivity contribution in [2.45, 2.75) is 58.4 Å². The SMILES string of the molecule is CCCCN(CC(=O)N1CCc2sccc2[C@@H]1c1ccc(C(C)(C)C)cc1)C(=O)/C=C/c1ccccc1. The summed E-state index contributed by atoms with van der Waals surface area (Å²) in [5.41, 5.74) is 4.65. The first kappa shape index (κ1) is 26.9. The minimum atomic E-state index is -0.125. The highest BCUT2D eigenvalue weighted by Crippen LogP contribution is 2.38. The molecular weight excluding hydrogens is 476 g/mol. The van der Waals surface area contributed by atoms with Crippen LogP contribution in [0.15, 0.2) is 72.1 Å². The van der Waals surface area contributed by atoms with Crippen LogP contribution in [0.1, 0.15) is 73.7 Å². The zero-order valence-electron chi connectivity index (χ0n) is 22.4. The van der Waals surface area contributed by atoms with Gasteiger partial charge >= 0.3 is 0 Å². The molecule has 0 bridgehead atoms. The summed E-state index contributed by atoms with van der Waals surface area (Å²) in [5.74, 6) is -0.121. The smallest absolute Gasteiger partial charge is 0.247 e. The van der Waals surface area contributed by atoms with E-state index in [1.807, 2.05) is 41.3 Å². The Morgan fingerprint density at radius 2 is 1.78 bits per heavy atom. The van der Waals surface area contributed by atoms with Gasteiger partial charge in [-0.2, -0.15) is 0 Å². The molecule has 0 unspecified atom stereocenters. The molecule has 194 valence electrons. The number of unbranched alkanes of at least 4 members (excludes halogenated alkanes) is 1. The van der Waals surface area contributed by atoms with E-state index in [1.54, 1.807) is 22.3 Å². The van der Waals surface area contributed by atoms with Gasteiger partial charge in [0, 0.05) is 24.0 Å². The summed E-state index contributed by atoms with van der Waals surface area (Å²) in [6, 6.07) is 20.5. The Balaban J connectivity index is 1.57. The normalized spacial score (nSPS) is 15.6. The van der Waals surface area contributed by atoms with Gasteiger partial charge in [0.15, 0.2) is 0 Å². The fourth-order valence-corrected chi connectivity index (χ4v) is 5.72. The zero-order valence-corrected chi connectivity index (χ0v) is 23.3. The fourth-order valence-electron chi connectivity index (χ4n) is 4.82. The molecule has 1 aliphatic heterocycles. The van der Waals surface area contributed by atoms with Crippen LogP contribution < -0.4 is 0 Å². The van der Waals surface area contributed by atoms with Crippen molar-refractivity contribution < 1.29 is 9.59 Å². The van der Waals surface area contributed by atoms with E-state index in [0.717, 1.165) is 30.4 Å². The van der Waals surface area contributed by atoms with Crippen LogP contribution in [0.5, 0.6) is 0 Å². The van der Waals surface area contributed by atoms with Crippen molar-refractivity contribution in [3.63, 3.8) is 0 Å². The Morgan fingerprint density at radius 3 is 2.46 bits per heavy atom. The Hall–Kier alpha value is -3.18. The lowest BCUT2D eigenvalue weighted by atomic mass is 9.85. The van der Waals surface area contributed by atoms with Gasteiger partial charge in [-0.15, -0.1) is 11.3 Å². The largest absolute Gasteiger partial charge is 0.330 e. The predicted octanol–water partition coefficient (Wildman–Crippen LogP) is 6.86. The molecule has 1 aromatic heterocycles. The summed E-state index contributed by atoms with van der Waals surface area (Å²) in [7, 11) is 0. The number of hydrogen-bond acceptors (Lipinski definition) is 3. The van der Waals surface area contributed by atoms with Gasteiger partial charge in [0.25, 0.3) is 0 Å². The number of amides is 2. The topological polar surface area (TPSA) is 40.6 Å². The third-order valence-corrected chi connectivity index (χ3v) is 8.01. The van der Waals surface area contributed by atoms with Crippen molar-refractivity contribution >= 4 is 29.2 Å². The molecule has 0 N–H and O–H groups in total. The third kappa shape index (κ3) is 6.58. The summed E-state index contributed by atoms with van der Waals surface area (Å²) in [6.07, 6.45) is 6.10. The average Bonchev–Trinajstić information content (AvgIpc) is 3.38. The van der Waals surface area contributed by atoms with E-state index in [-0.39, 0.29) is 29.8 Å². The molecule has 3 aromatic rings. The maximum Gasteiger partial charge on any atom is 0.247 e. The first-order valence-corrected chi connectivity index (χ1v) is 14.1. The first-order chi connectivity index (χ1) is 17.8. The Labute approximate surface area is 225 Å². The van der Waals surface area contributed by atoms with Crippen LogP contribution in [0.25, 0.3) is 6.08 Å². The summed E-state index contributed by atoms with van der Waals surface area (Å²) in [5, 5.41) is 2.13. The summed E-state index contributed by atoms with van der Waals surface area (Å²) in [6.45, 7) is 10.1. The second-order valence-electron chi connectivity index (χ2n) is 10.8. The molecule has 0 aliphatic carbocycles. The van der Waals surface area contributed by atoms with Gasteiger partial charge in [0.05, 0.1) is 6.04 Å². The molecule has 2 amide bonds. The van der Waals surface area contributed by atoms with Crippen molar-refractivity contribution in [3.8, 4) is 0 Å². The van der Waals surface area contributed by atoms with Gasteiger partial charge in [0.1, 0.15) is 6.54 Å². The predicted molar refractivity (Wildman–Crippen MR) is 154 cm³/mol. The minimum Gasteiger partial charge on any atom is -0.330 e. The second-order valence-corrected chi connectivity index (χ2v) is 11.8. The van der Waals surface area contributed by atoms with Gasteiger partial charge in [-0.25, -0.2) is 0 Å². The van der Waals surface area contributed by atoms with Gasteiger partial charge in [-0.1, -0.05) is 88.7 Å². The quantitative estimate of drug-likeness (QED) is 0.308. The fraction of sp³-hybridized carbons (Fsp3) is 0.375. The number of thiophene rings is 1. The lowest BCUT2D eigenvalue weighted by Crippen LogP contribution is -2.46. The standard InChI is InChI=1S/C32H38N2O2S/c1-5-6-20-33(29(35)17-12-24-10-8-7-9-11-24)23-30(36)34-21-18-28-27(19-22-37-28)31(34)25-13-15-26(16-14-25)32(2,3)4/h7-17,19,22,31H,5-6,18,20-21,23H2,1-4H3/b17-12+/t31-/m0/s1. The molecule has 0 fully saturated rings. The Kier molecular flexibility index (Phi) is 8.65. The van der Waals surface area contributed by atoms with Gasteiger partial charge in [0.2, 0.25) is 11.8 Å². The second kappa shape index (κ2) is 11.9. The average molecular weight is 515 g/mol. The van der Waals surface area contributed by atoms with Gasteiger partial charge in [-0.3, -0.25) is 9.59 Å². The van der Waals surface area contributed by atoms with E-state index in [2.05, 4.69) is 63.4 Å². The van der Waals surface area contributed by atoms with Crippen LogP contribution in [0.4, 0.5) is 0 Å². The number of carbonyl (C=O) groups is 2. The lowest BCUT2D eigenvalue weighted by Gasteiger charge is -2.37. The molecule has 0 spiro atoms. The molecule has 5 heteroatoms. The van der Waals surface area contributed by atoms with E-state index in [1.165, 1.54) is 16.0 Å². The molecule has 2 heterocycles. The van der Waals surface area contributed by atoms with Crippen molar-refractivity contribution in [3.05, 3.63) is 99.3 Å². The summed E-state index contributed by atoms with van der Waals surface area (Å²) >= 11 is 1.77. The molecular formula is C32H38N2O2S. The highest BCUT2D eigenvalue weighted by molar-refractivity contribution is 7.10. The molecule has 2 aromatic carbocycles. The number of carbonyl (C=O) groups excluding carboxylic acids is 2. The monoisotopic (exact) mass is 514 g/mol. The maximum atomic E-state index is 13.8. The van der Waals surface area contributed by atoms with Crippen molar-refractivity contribution in [1.29, 1.82) is 0 Å². The molecule has 1 atom stereocenters. The summed E-state index contributed by atoms with van der Waals surface area (Å²) < 4.78 is 0. The van der Waals surface area contributed by atoms with Crippen LogP contribution in [0, 0.1) is 0 Å². The molecule has 4 nitrogen and oxygen atoms in total. The number of fused-ring (bicyclic) bond motifs is 1. The van der Waals surface area contributed by atoms with E-state index in [4.69, 9.17) is 0 Å². The minimum absolute atomic E-state index is 0.000637. The van der Waals surface area contributed by atoms with Crippen LogP contribution in [-0.2, 0) is 21.4 Å². The zero-order chi connectivity index (χ0) is 26.4. The van der Waals surface area contributed by atoms with Crippen molar-refractivity contribution in [2.75, 3.05) is 19.6 Å². The maximum absolute atomic E-state index is 13.8.